The summed E-state index contributed by atoms with van der Waals surface area (Å²) < 4.78 is 18.8. The molecule has 0 saturated carbocycles. The molecule has 0 aliphatic heterocycles. The van der Waals surface area contributed by atoms with Crippen molar-refractivity contribution in [3.8, 4) is 5.88 Å². The minimum absolute atomic E-state index is 0.116. The molecule has 0 spiro atoms. The second kappa shape index (κ2) is 5.80. The van der Waals surface area contributed by atoms with Crippen molar-refractivity contribution in [2.45, 2.75) is 13.2 Å². The third-order valence-electron chi connectivity index (χ3n) is 2.46. The molecule has 18 heavy (non-hydrogen) atoms. The van der Waals surface area contributed by atoms with Crippen molar-refractivity contribution >= 4 is 11.6 Å². The number of aromatic nitrogens is 1. The predicted octanol–water partition coefficient (Wildman–Crippen LogP) is 2.91. The smallest absolute Gasteiger partial charge is 0.213 e. The zero-order valence-corrected chi connectivity index (χ0v) is 10.3. The van der Waals surface area contributed by atoms with Crippen molar-refractivity contribution in [1.82, 2.24) is 4.98 Å². The molecule has 0 fully saturated rings. The lowest BCUT2D eigenvalue weighted by molar-refractivity contribution is 0.288. The Labute approximate surface area is 109 Å². The van der Waals surface area contributed by atoms with E-state index in [-0.39, 0.29) is 12.4 Å². The molecular formula is C13H12ClFN2O. The number of hydrogen-bond acceptors (Lipinski definition) is 3. The van der Waals surface area contributed by atoms with E-state index < -0.39 is 0 Å². The molecule has 1 aromatic carbocycles. The largest absolute Gasteiger partial charge is 0.473 e. The molecule has 1 aromatic heterocycles. The molecule has 0 atom stereocenters. The maximum Gasteiger partial charge on any atom is 0.213 e. The van der Waals surface area contributed by atoms with Crippen molar-refractivity contribution < 1.29 is 9.13 Å². The molecule has 5 heteroatoms. The lowest BCUT2D eigenvalue weighted by atomic mass is 10.2. The third-order valence-corrected chi connectivity index (χ3v) is 2.80. The van der Waals surface area contributed by atoms with Gasteiger partial charge >= 0.3 is 0 Å². The Hall–Kier alpha value is -1.65. The van der Waals surface area contributed by atoms with Gasteiger partial charge in [-0.25, -0.2) is 9.37 Å². The Morgan fingerprint density at radius 3 is 2.78 bits per heavy atom. The Morgan fingerprint density at radius 1 is 1.28 bits per heavy atom. The normalized spacial score (nSPS) is 10.4. The van der Waals surface area contributed by atoms with Gasteiger partial charge in [-0.05, 0) is 11.6 Å². The van der Waals surface area contributed by atoms with E-state index in [1.807, 2.05) is 0 Å². The van der Waals surface area contributed by atoms with Gasteiger partial charge < -0.3 is 10.5 Å². The van der Waals surface area contributed by atoms with Crippen LogP contribution in [-0.2, 0) is 13.2 Å². The van der Waals surface area contributed by atoms with Crippen LogP contribution in [0.2, 0.25) is 5.02 Å². The highest BCUT2D eigenvalue weighted by Crippen LogP contribution is 2.19. The van der Waals surface area contributed by atoms with Gasteiger partial charge in [-0.1, -0.05) is 29.8 Å². The summed E-state index contributed by atoms with van der Waals surface area (Å²) in [6.07, 6.45) is 1.47. The van der Waals surface area contributed by atoms with E-state index in [1.54, 1.807) is 24.3 Å². The quantitative estimate of drug-likeness (QED) is 0.926. The van der Waals surface area contributed by atoms with Crippen LogP contribution >= 0.6 is 11.6 Å². The van der Waals surface area contributed by atoms with Gasteiger partial charge in [-0.2, -0.15) is 0 Å². The van der Waals surface area contributed by atoms with Crippen LogP contribution in [0.3, 0.4) is 0 Å². The lowest BCUT2D eigenvalue weighted by Crippen LogP contribution is -2.02. The number of nitrogens with zero attached hydrogens (tertiary/aromatic N) is 1. The number of pyridine rings is 1. The number of benzene rings is 1. The first-order valence-electron chi connectivity index (χ1n) is 5.41. The van der Waals surface area contributed by atoms with E-state index in [2.05, 4.69) is 4.98 Å². The zero-order chi connectivity index (χ0) is 13.0. The van der Waals surface area contributed by atoms with E-state index in [4.69, 9.17) is 22.1 Å². The first-order valence-corrected chi connectivity index (χ1v) is 5.79. The topological polar surface area (TPSA) is 48.1 Å². The van der Waals surface area contributed by atoms with Crippen LogP contribution in [0.1, 0.15) is 11.1 Å². The summed E-state index contributed by atoms with van der Waals surface area (Å²) in [6, 6.07) is 8.09. The van der Waals surface area contributed by atoms with Crippen molar-refractivity contribution in [2.24, 2.45) is 5.73 Å². The minimum atomic E-state index is -0.300. The summed E-state index contributed by atoms with van der Waals surface area (Å²) in [7, 11) is 0. The van der Waals surface area contributed by atoms with E-state index >= 15 is 0 Å². The van der Waals surface area contributed by atoms with E-state index in [0.717, 1.165) is 5.56 Å². The summed E-state index contributed by atoms with van der Waals surface area (Å²) in [6.45, 7) is 0.419. The van der Waals surface area contributed by atoms with Crippen LogP contribution in [0.15, 0.2) is 36.5 Å². The lowest BCUT2D eigenvalue weighted by Gasteiger charge is -2.08. The van der Waals surface area contributed by atoms with Gasteiger partial charge in [0, 0.05) is 24.4 Å². The molecular weight excluding hydrogens is 255 g/mol. The number of rotatable bonds is 4. The van der Waals surface area contributed by atoms with Gasteiger partial charge in [0.2, 0.25) is 5.88 Å². The fraction of sp³-hybridized carbons (Fsp3) is 0.154. The monoisotopic (exact) mass is 266 g/mol. The molecule has 0 aliphatic carbocycles. The fourth-order valence-electron chi connectivity index (χ4n) is 1.46. The summed E-state index contributed by atoms with van der Waals surface area (Å²) in [5.41, 5.74) is 6.74. The van der Waals surface area contributed by atoms with E-state index in [0.29, 0.717) is 23.0 Å². The molecule has 2 rings (SSSR count). The molecule has 94 valence electrons. The van der Waals surface area contributed by atoms with Gasteiger partial charge in [0.05, 0.1) is 5.02 Å². The Balaban J connectivity index is 2.09. The van der Waals surface area contributed by atoms with Gasteiger partial charge in [-0.15, -0.1) is 0 Å². The molecule has 0 unspecified atom stereocenters. The maximum atomic E-state index is 13.4. The second-order valence-corrected chi connectivity index (χ2v) is 4.11. The Morgan fingerprint density at radius 2 is 2.06 bits per heavy atom. The van der Waals surface area contributed by atoms with Crippen molar-refractivity contribution in [3.63, 3.8) is 0 Å². The Kier molecular flexibility index (Phi) is 4.12. The van der Waals surface area contributed by atoms with Crippen LogP contribution in [-0.4, -0.2) is 4.98 Å². The summed E-state index contributed by atoms with van der Waals surface area (Å²) in [5.74, 6) is 0.0774. The standard InChI is InChI=1S/C13H12ClFN2O/c14-11-7-17-13(5-10(11)6-16)18-8-9-3-1-2-4-12(9)15/h1-5,7H,6,8,16H2. The van der Waals surface area contributed by atoms with Crippen molar-refractivity contribution in [3.05, 3.63) is 58.5 Å². The SMILES string of the molecule is NCc1cc(OCc2ccccc2F)ncc1Cl. The van der Waals surface area contributed by atoms with Crippen molar-refractivity contribution in [2.75, 3.05) is 0 Å². The number of halogens is 2. The molecule has 0 amide bonds. The molecule has 1 heterocycles. The first kappa shape index (κ1) is 12.8. The van der Waals surface area contributed by atoms with Crippen LogP contribution < -0.4 is 10.5 Å². The highest BCUT2D eigenvalue weighted by Gasteiger charge is 2.05. The molecule has 0 saturated heterocycles. The summed E-state index contributed by atoms with van der Waals surface area (Å²) in [4.78, 5) is 4.00. The zero-order valence-electron chi connectivity index (χ0n) is 9.57. The van der Waals surface area contributed by atoms with Gasteiger partial charge in [0.1, 0.15) is 12.4 Å². The second-order valence-electron chi connectivity index (χ2n) is 3.70. The fourth-order valence-corrected chi connectivity index (χ4v) is 1.64. The van der Waals surface area contributed by atoms with Crippen LogP contribution in [0, 0.1) is 5.82 Å². The average molecular weight is 267 g/mol. The minimum Gasteiger partial charge on any atom is -0.473 e. The predicted molar refractivity (Wildman–Crippen MR) is 67.9 cm³/mol. The molecule has 0 aliphatic rings. The molecule has 2 aromatic rings. The average Bonchev–Trinajstić information content (AvgIpc) is 2.39. The van der Waals surface area contributed by atoms with E-state index in [9.17, 15) is 4.39 Å². The highest BCUT2D eigenvalue weighted by molar-refractivity contribution is 6.31. The first-order chi connectivity index (χ1) is 8.70. The molecule has 2 N–H and O–H groups in total. The molecule has 0 bridgehead atoms. The summed E-state index contributed by atoms with van der Waals surface area (Å²) >= 11 is 5.88. The summed E-state index contributed by atoms with van der Waals surface area (Å²) in [5, 5.41) is 0.496. The van der Waals surface area contributed by atoms with Crippen molar-refractivity contribution in [1.29, 1.82) is 0 Å². The van der Waals surface area contributed by atoms with Crippen LogP contribution in [0.5, 0.6) is 5.88 Å². The van der Waals surface area contributed by atoms with Crippen LogP contribution in [0.25, 0.3) is 0 Å². The van der Waals surface area contributed by atoms with Gasteiger partial charge in [0.15, 0.2) is 0 Å². The number of nitrogens with two attached hydrogens (primary N) is 1. The Bertz CT molecular complexity index is 548. The van der Waals surface area contributed by atoms with Gasteiger partial charge in [0.25, 0.3) is 0 Å². The number of ether oxygens (including phenoxy) is 1. The van der Waals surface area contributed by atoms with Crippen LogP contribution in [0.4, 0.5) is 4.39 Å². The molecule has 0 radical (unpaired) electrons. The third kappa shape index (κ3) is 2.97. The van der Waals surface area contributed by atoms with E-state index in [1.165, 1.54) is 12.3 Å². The highest BCUT2D eigenvalue weighted by atomic mass is 35.5. The molecule has 3 nitrogen and oxygen atoms in total. The van der Waals surface area contributed by atoms with Gasteiger partial charge in [-0.3, -0.25) is 0 Å². The number of hydrogen-bond donors (Lipinski definition) is 1. The maximum absolute atomic E-state index is 13.4.